The maximum Gasteiger partial charge on any atom is 0.410 e. The van der Waals surface area contributed by atoms with Gasteiger partial charge in [-0.05, 0) is 36.0 Å². The molecule has 6 rings (SSSR count). The third-order valence-electron chi connectivity index (χ3n) is 8.11. The summed E-state index contributed by atoms with van der Waals surface area (Å²) in [4.78, 5) is 36.6. The van der Waals surface area contributed by atoms with Crippen LogP contribution in [0, 0.1) is 5.92 Å². The minimum Gasteiger partial charge on any atom is -0.445 e. The number of benzene rings is 1. The lowest BCUT2D eigenvalue weighted by atomic mass is 9.93. The number of nitrogens with one attached hydrogen (secondary N) is 1. The number of hydrogen-bond donors (Lipinski definition) is 1. The molecule has 0 saturated carbocycles. The van der Waals surface area contributed by atoms with E-state index in [9.17, 15) is 9.59 Å². The van der Waals surface area contributed by atoms with E-state index in [4.69, 9.17) is 9.72 Å². The van der Waals surface area contributed by atoms with E-state index in [1.807, 2.05) is 52.5 Å². The molecule has 2 aliphatic rings. The van der Waals surface area contributed by atoms with Crippen LogP contribution in [0.1, 0.15) is 43.9 Å². The largest absolute Gasteiger partial charge is 0.445 e. The highest BCUT2D eigenvalue weighted by Crippen LogP contribution is 2.39. The lowest BCUT2D eigenvalue weighted by Crippen LogP contribution is -2.44. The van der Waals surface area contributed by atoms with Crippen molar-refractivity contribution in [3.63, 3.8) is 0 Å². The lowest BCUT2D eigenvalue weighted by Gasteiger charge is -2.37. The van der Waals surface area contributed by atoms with E-state index < -0.39 is 0 Å². The molecule has 1 saturated heterocycles. The van der Waals surface area contributed by atoms with Gasteiger partial charge >= 0.3 is 6.09 Å². The zero-order valence-electron chi connectivity index (χ0n) is 21.9. The molecule has 2 amide bonds. The van der Waals surface area contributed by atoms with E-state index in [0.29, 0.717) is 32.1 Å². The van der Waals surface area contributed by atoms with Crippen LogP contribution in [0.2, 0.25) is 0 Å². The van der Waals surface area contributed by atoms with Crippen LogP contribution in [0.3, 0.4) is 0 Å². The van der Waals surface area contributed by atoms with Gasteiger partial charge in [-0.2, -0.15) is 0 Å². The van der Waals surface area contributed by atoms with Gasteiger partial charge in [0, 0.05) is 68.0 Å². The van der Waals surface area contributed by atoms with Gasteiger partial charge in [0.2, 0.25) is 5.91 Å². The fourth-order valence-corrected chi connectivity index (χ4v) is 5.85. The predicted molar refractivity (Wildman–Crippen MR) is 147 cm³/mol. The first-order valence-electron chi connectivity index (χ1n) is 13.4. The first-order valence-corrected chi connectivity index (χ1v) is 13.4. The summed E-state index contributed by atoms with van der Waals surface area (Å²) in [6, 6.07) is 12.0. The lowest BCUT2D eigenvalue weighted by molar-refractivity contribution is -0.128. The molecule has 0 radical (unpaired) electrons. The van der Waals surface area contributed by atoms with Crippen molar-refractivity contribution in [3.05, 3.63) is 72.2 Å². The van der Waals surface area contributed by atoms with Gasteiger partial charge in [0.25, 0.3) is 0 Å². The van der Waals surface area contributed by atoms with Crippen molar-refractivity contribution in [1.29, 1.82) is 0 Å². The first-order chi connectivity index (χ1) is 18.5. The number of carbonyl (C=O) groups excluding carboxylic acids is 2. The number of carbonyl (C=O) groups is 2. The maximum absolute atomic E-state index is 13.1. The molecular formula is C30H33N5O3. The molecule has 0 bridgehead atoms. The van der Waals surface area contributed by atoms with E-state index in [2.05, 4.69) is 34.8 Å². The molecular weight excluding hydrogens is 478 g/mol. The molecule has 0 spiro atoms. The van der Waals surface area contributed by atoms with Crippen molar-refractivity contribution in [1.82, 2.24) is 24.3 Å². The number of nitrogens with zero attached hydrogens (tertiary/aromatic N) is 4. The van der Waals surface area contributed by atoms with Crippen LogP contribution in [0.25, 0.3) is 27.5 Å². The predicted octanol–water partition coefficient (Wildman–Crippen LogP) is 5.37. The topological polar surface area (TPSA) is 83.5 Å². The molecule has 5 heterocycles. The smallest absolute Gasteiger partial charge is 0.410 e. The zero-order chi connectivity index (χ0) is 26.2. The van der Waals surface area contributed by atoms with Crippen molar-refractivity contribution < 1.29 is 14.3 Å². The van der Waals surface area contributed by atoms with Crippen molar-refractivity contribution in [2.45, 2.75) is 39.3 Å². The number of pyridine rings is 1. The highest BCUT2D eigenvalue weighted by Gasteiger charge is 2.33. The second-order valence-corrected chi connectivity index (χ2v) is 10.5. The van der Waals surface area contributed by atoms with Gasteiger partial charge in [-0.3, -0.25) is 4.79 Å². The quantitative estimate of drug-likeness (QED) is 0.399. The Bertz CT molecular complexity index is 1520. The van der Waals surface area contributed by atoms with Crippen LogP contribution in [0.15, 0.2) is 61.1 Å². The molecule has 2 atom stereocenters. The van der Waals surface area contributed by atoms with Crippen molar-refractivity contribution in [2.75, 3.05) is 26.2 Å². The molecule has 4 aromatic rings. The zero-order valence-corrected chi connectivity index (χ0v) is 21.9. The summed E-state index contributed by atoms with van der Waals surface area (Å²) in [5, 5.41) is 2.18. The molecule has 2 aliphatic heterocycles. The number of aromatic amines is 1. The normalized spacial score (nSPS) is 20.1. The Morgan fingerprint density at radius 3 is 2.71 bits per heavy atom. The van der Waals surface area contributed by atoms with Crippen molar-refractivity contribution in [2.24, 2.45) is 5.92 Å². The molecule has 1 aromatic carbocycles. The third kappa shape index (κ3) is 4.44. The minimum atomic E-state index is -0.268. The molecule has 8 nitrogen and oxygen atoms in total. The average Bonchev–Trinajstić information content (AvgIpc) is 3.57. The number of likely N-dealkylation sites (tertiary alicyclic amines) is 1. The minimum absolute atomic E-state index is 0.0997. The molecule has 2 unspecified atom stereocenters. The number of ether oxygens (including phenoxy) is 1. The van der Waals surface area contributed by atoms with E-state index in [0.717, 1.165) is 45.9 Å². The van der Waals surface area contributed by atoms with E-state index >= 15 is 0 Å². The van der Waals surface area contributed by atoms with E-state index in [-0.39, 0.29) is 24.6 Å². The van der Waals surface area contributed by atoms with Gasteiger partial charge in [-0.1, -0.05) is 43.3 Å². The van der Waals surface area contributed by atoms with E-state index in [1.165, 1.54) is 5.57 Å². The Hall–Kier alpha value is -4.07. The fraction of sp³-hybridized carbons (Fsp3) is 0.367. The Labute approximate surface area is 221 Å². The van der Waals surface area contributed by atoms with Gasteiger partial charge in [0.1, 0.15) is 12.3 Å². The molecule has 1 fully saturated rings. The maximum atomic E-state index is 13.1. The molecule has 3 aromatic heterocycles. The monoisotopic (exact) mass is 511 g/mol. The van der Waals surface area contributed by atoms with Crippen molar-refractivity contribution >= 4 is 39.5 Å². The SMILES string of the molecule is CC(=O)N1CC=C(c2cn(C3CN(C(=O)OCc4ccccc4)CCC3C)c3c2cnc2[nH]ccc23)CC1. The third-order valence-corrected chi connectivity index (χ3v) is 8.11. The number of amides is 2. The first kappa shape index (κ1) is 24.3. The van der Waals surface area contributed by atoms with Crippen LogP contribution in [-0.2, 0) is 16.1 Å². The summed E-state index contributed by atoms with van der Waals surface area (Å²) >= 11 is 0. The second-order valence-electron chi connectivity index (χ2n) is 10.5. The summed E-state index contributed by atoms with van der Waals surface area (Å²) in [6.07, 6.45) is 9.74. The Balaban J connectivity index is 1.33. The average molecular weight is 512 g/mol. The number of H-pyrrole nitrogens is 1. The fourth-order valence-electron chi connectivity index (χ4n) is 5.85. The van der Waals surface area contributed by atoms with Crippen LogP contribution in [0.4, 0.5) is 4.79 Å². The number of aromatic nitrogens is 3. The molecule has 8 heteroatoms. The number of fused-ring (bicyclic) bond motifs is 3. The summed E-state index contributed by atoms with van der Waals surface area (Å²) in [6.45, 7) is 6.77. The standard InChI is InChI=1S/C30H33N5O3/c1-20-9-13-34(30(37)38-19-22-6-4-3-5-7-22)18-27(20)35-17-26(23-10-14-33(15-11-23)21(2)36)25-16-32-29-24(28(25)35)8-12-31-29/h3-8,10,12,16-17,20,27H,9,11,13-15,18-19H2,1-2H3,(H,31,32). The summed E-state index contributed by atoms with van der Waals surface area (Å²) in [5.41, 5.74) is 5.37. The van der Waals surface area contributed by atoms with Crippen LogP contribution in [0.5, 0.6) is 0 Å². The second kappa shape index (κ2) is 10.0. The Morgan fingerprint density at radius 2 is 1.95 bits per heavy atom. The number of piperidine rings is 1. The van der Waals surface area contributed by atoms with Gasteiger partial charge in [-0.25, -0.2) is 9.78 Å². The van der Waals surface area contributed by atoms with Gasteiger partial charge < -0.3 is 24.1 Å². The molecule has 196 valence electrons. The van der Waals surface area contributed by atoms with Crippen LogP contribution < -0.4 is 0 Å². The number of hydrogen-bond acceptors (Lipinski definition) is 4. The Morgan fingerprint density at radius 1 is 1.11 bits per heavy atom. The van der Waals surface area contributed by atoms with Crippen LogP contribution in [-0.4, -0.2) is 62.5 Å². The van der Waals surface area contributed by atoms with Crippen LogP contribution >= 0.6 is 0 Å². The highest BCUT2D eigenvalue weighted by molar-refractivity contribution is 6.07. The van der Waals surface area contributed by atoms with Gasteiger partial charge in [-0.15, -0.1) is 0 Å². The summed E-state index contributed by atoms with van der Waals surface area (Å²) < 4.78 is 8.05. The summed E-state index contributed by atoms with van der Waals surface area (Å²) in [7, 11) is 0. The molecule has 38 heavy (non-hydrogen) atoms. The van der Waals surface area contributed by atoms with E-state index in [1.54, 1.807) is 6.92 Å². The Kier molecular flexibility index (Phi) is 6.39. The number of rotatable bonds is 4. The summed E-state index contributed by atoms with van der Waals surface area (Å²) in [5.74, 6) is 0.487. The highest BCUT2D eigenvalue weighted by atomic mass is 16.6. The van der Waals surface area contributed by atoms with Gasteiger partial charge in [0.15, 0.2) is 0 Å². The van der Waals surface area contributed by atoms with Gasteiger partial charge in [0.05, 0.1) is 11.6 Å². The molecule has 0 aliphatic carbocycles. The van der Waals surface area contributed by atoms with Crippen molar-refractivity contribution in [3.8, 4) is 0 Å². The molecule has 1 N–H and O–H groups in total.